The molecule has 1 aromatic carbocycles. The Kier molecular flexibility index (Phi) is 11.8. The first-order valence-electron chi connectivity index (χ1n) is 21.4. The molecule has 2 saturated carbocycles. The number of nitrogens with zero attached hydrogens (tertiary/aromatic N) is 8. The summed E-state index contributed by atoms with van der Waals surface area (Å²) in [5.41, 5.74) is 8.43. The van der Waals surface area contributed by atoms with Crippen LogP contribution < -0.4 is 16.4 Å². The second kappa shape index (κ2) is 17.0. The van der Waals surface area contributed by atoms with Crippen molar-refractivity contribution >= 4 is 28.8 Å². The maximum absolute atomic E-state index is 13.6. The lowest BCUT2D eigenvalue weighted by atomic mass is 9.86. The van der Waals surface area contributed by atoms with Crippen molar-refractivity contribution in [2.24, 2.45) is 11.8 Å². The number of carbonyl (C=O) groups is 1. The molecule has 5 aliphatic rings. The van der Waals surface area contributed by atoms with Gasteiger partial charge in [0, 0.05) is 67.9 Å². The minimum absolute atomic E-state index is 0.0738. The predicted molar refractivity (Wildman–Crippen MR) is 219 cm³/mol. The average Bonchev–Trinajstić information content (AvgIpc) is 3.46. The number of hydrogen-bond acceptors (Lipinski definition) is 10. The van der Waals surface area contributed by atoms with Crippen LogP contribution in [0.2, 0.25) is 0 Å². The fourth-order valence-corrected chi connectivity index (χ4v) is 9.72. The Morgan fingerprint density at radius 1 is 0.966 bits per heavy atom. The van der Waals surface area contributed by atoms with Gasteiger partial charge in [-0.3, -0.25) is 9.69 Å². The van der Waals surface area contributed by atoms with Crippen LogP contribution in [0.25, 0.3) is 11.2 Å². The van der Waals surface area contributed by atoms with E-state index in [-0.39, 0.29) is 68.1 Å². The molecule has 4 fully saturated rings. The Labute approximate surface area is 339 Å². The first kappa shape index (κ1) is 40.3. The number of hydrogen-bond donors (Lipinski definition) is 4. The van der Waals surface area contributed by atoms with Crippen molar-refractivity contribution in [1.82, 2.24) is 44.5 Å². The van der Waals surface area contributed by atoms with Gasteiger partial charge in [-0.15, -0.1) is 10.2 Å². The number of imidazole rings is 1. The van der Waals surface area contributed by atoms with Crippen LogP contribution in [0, 0.1) is 18.8 Å². The van der Waals surface area contributed by atoms with Gasteiger partial charge in [0.15, 0.2) is 17.0 Å². The molecule has 13 nitrogen and oxygen atoms in total. The molecule has 2 aliphatic heterocycles. The van der Waals surface area contributed by atoms with E-state index >= 15 is 0 Å². The van der Waals surface area contributed by atoms with Crippen molar-refractivity contribution in [2.45, 2.75) is 146 Å². The van der Waals surface area contributed by atoms with Crippen molar-refractivity contribution < 1.29 is 18.7 Å². The number of fused-ring (bicyclic) bond motifs is 3. The van der Waals surface area contributed by atoms with Gasteiger partial charge in [0.2, 0.25) is 17.8 Å². The standard InChI is InChI=1S/C29H41F2N5O.C14H18N6O/c1-19(2)27-34-33-20(3)36(27)25-17-23-9-10-24(18-25)35(23)16-13-26(21-7-5-4-6-8-21)32-28(37)22-11-14-29(30,31)15-12-22;15-14-18-12(17-9-2-3-9)11-13(19-14)20(7-16-11)10-4-1-8(5-10)6-21/h4-8,19,22-26H,9-18H2,1-3H3,(H,32,37);1,4,7-10,21H,2-3,5-6H2,(H3,15,17,18,19)/t23-,24+,25?,26-;8-,10+/m01/s1. The number of aromatic nitrogens is 7. The molecule has 58 heavy (non-hydrogen) atoms. The molecule has 1 amide bonds. The number of benzene rings is 1. The zero-order chi connectivity index (χ0) is 40.6. The van der Waals surface area contributed by atoms with Gasteiger partial charge >= 0.3 is 0 Å². The van der Waals surface area contributed by atoms with Gasteiger partial charge in [-0.05, 0) is 76.7 Å². The number of halogens is 2. The van der Waals surface area contributed by atoms with Gasteiger partial charge in [0.25, 0.3) is 0 Å². The summed E-state index contributed by atoms with van der Waals surface area (Å²) in [5, 5.41) is 24.7. The topological polar surface area (TPSA) is 165 Å². The van der Waals surface area contributed by atoms with E-state index < -0.39 is 5.92 Å². The maximum atomic E-state index is 13.6. The quantitative estimate of drug-likeness (QED) is 0.109. The summed E-state index contributed by atoms with van der Waals surface area (Å²) in [7, 11) is 0. The highest BCUT2D eigenvalue weighted by molar-refractivity contribution is 5.84. The van der Waals surface area contributed by atoms with E-state index in [4.69, 9.17) is 5.73 Å². The number of anilines is 2. The fraction of sp³-hybridized carbons (Fsp3) is 0.628. The summed E-state index contributed by atoms with van der Waals surface area (Å²) in [5.74, 6) is 0.611. The summed E-state index contributed by atoms with van der Waals surface area (Å²) in [4.78, 5) is 28.8. The van der Waals surface area contributed by atoms with Gasteiger partial charge < -0.3 is 30.6 Å². The Hall–Kier alpha value is -4.50. The summed E-state index contributed by atoms with van der Waals surface area (Å²) in [6, 6.07) is 12.1. The third-order valence-corrected chi connectivity index (χ3v) is 13.0. The molecule has 0 spiro atoms. The Morgan fingerprint density at radius 3 is 2.34 bits per heavy atom. The summed E-state index contributed by atoms with van der Waals surface area (Å²) < 4.78 is 31.7. The number of amides is 1. The minimum Gasteiger partial charge on any atom is -0.396 e. The van der Waals surface area contributed by atoms with E-state index in [0.29, 0.717) is 30.1 Å². The molecular formula is C43H59F2N11O2. The summed E-state index contributed by atoms with van der Waals surface area (Å²) in [6.45, 7) is 7.52. The second-order valence-corrected chi connectivity index (χ2v) is 17.6. The zero-order valence-electron chi connectivity index (χ0n) is 34.0. The molecule has 5 heterocycles. The van der Waals surface area contributed by atoms with Crippen LogP contribution in [0.15, 0.2) is 48.8 Å². The smallest absolute Gasteiger partial charge is 0.248 e. The average molecular weight is 800 g/mol. The number of rotatable bonds is 12. The molecule has 3 aromatic heterocycles. The number of piperidine rings is 1. The van der Waals surface area contributed by atoms with Crippen LogP contribution in [0.5, 0.6) is 0 Å². The van der Waals surface area contributed by atoms with Crippen molar-refractivity contribution in [3.63, 3.8) is 0 Å². The monoisotopic (exact) mass is 799 g/mol. The van der Waals surface area contributed by atoms with E-state index in [1.807, 2.05) is 28.8 Å². The molecule has 2 saturated heterocycles. The fourth-order valence-electron chi connectivity index (χ4n) is 9.72. The molecule has 3 aliphatic carbocycles. The highest BCUT2D eigenvalue weighted by atomic mass is 19.3. The Bertz CT molecular complexity index is 2040. The third kappa shape index (κ3) is 8.90. The second-order valence-electron chi connectivity index (χ2n) is 17.6. The lowest BCUT2D eigenvalue weighted by Crippen LogP contribution is -2.45. The molecular weight excluding hydrogens is 741 g/mol. The van der Waals surface area contributed by atoms with Gasteiger partial charge in [-0.25, -0.2) is 13.8 Å². The number of nitrogens with two attached hydrogens (primary N) is 1. The van der Waals surface area contributed by atoms with Crippen molar-refractivity contribution in [3.05, 3.63) is 66.0 Å². The highest BCUT2D eigenvalue weighted by Gasteiger charge is 2.43. The molecule has 0 radical (unpaired) electrons. The number of nitrogens with one attached hydrogen (secondary N) is 2. The van der Waals surface area contributed by atoms with Crippen molar-refractivity contribution in [2.75, 3.05) is 24.2 Å². The highest BCUT2D eigenvalue weighted by Crippen LogP contribution is 2.43. The third-order valence-electron chi connectivity index (χ3n) is 13.0. The minimum atomic E-state index is -2.62. The molecule has 2 bridgehead atoms. The number of allylic oxidation sites excluding steroid dienone is 1. The van der Waals surface area contributed by atoms with Crippen LogP contribution in [-0.2, 0) is 4.79 Å². The van der Waals surface area contributed by atoms with Crippen LogP contribution in [-0.4, -0.2) is 87.4 Å². The number of aliphatic hydroxyl groups is 1. The first-order chi connectivity index (χ1) is 28.0. The number of aliphatic hydroxyl groups excluding tert-OH is 1. The largest absolute Gasteiger partial charge is 0.396 e. The van der Waals surface area contributed by atoms with Crippen LogP contribution in [0.1, 0.15) is 132 Å². The SMILES string of the molecule is Cc1nnc(C(C)C)n1C1C[C@H]2CC[C@@H](C1)N2CC[C@H](NC(=O)C1CCC(F)(F)CC1)c1ccccc1.Nc1nc(NC2CC2)c2ncn([C@H]3C=C[C@@H](CO)C3)c2n1. The first-order valence-corrected chi connectivity index (χ1v) is 21.4. The van der Waals surface area contributed by atoms with Crippen molar-refractivity contribution in [1.29, 1.82) is 0 Å². The molecule has 9 rings (SSSR count). The van der Waals surface area contributed by atoms with E-state index in [1.165, 1.54) is 12.8 Å². The van der Waals surface area contributed by atoms with Gasteiger partial charge in [0.1, 0.15) is 11.6 Å². The lowest BCUT2D eigenvalue weighted by molar-refractivity contribution is -0.130. The van der Waals surface area contributed by atoms with Gasteiger partial charge in [-0.1, -0.05) is 56.3 Å². The van der Waals surface area contributed by atoms with E-state index in [9.17, 15) is 18.7 Å². The molecule has 312 valence electrons. The van der Waals surface area contributed by atoms with Crippen molar-refractivity contribution in [3.8, 4) is 0 Å². The van der Waals surface area contributed by atoms with E-state index in [2.05, 4.69) is 84.2 Å². The lowest BCUT2D eigenvalue weighted by Gasteiger charge is -2.40. The summed E-state index contributed by atoms with van der Waals surface area (Å²) >= 11 is 0. The molecule has 15 heteroatoms. The molecule has 4 aromatic rings. The van der Waals surface area contributed by atoms with Crippen LogP contribution in [0.3, 0.4) is 0 Å². The van der Waals surface area contributed by atoms with Crippen LogP contribution in [0.4, 0.5) is 20.5 Å². The van der Waals surface area contributed by atoms with Crippen LogP contribution >= 0.6 is 0 Å². The van der Waals surface area contributed by atoms with E-state index in [0.717, 1.165) is 79.3 Å². The Morgan fingerprint density at radius 2 is 1.69 bits per heavy atom. The molecule has 1 unspecified atom stereocenters. The number of carbonyl (C=O) groups excluding carboxylic acids is 1. The number of nitrogen functional groups attached to an aromatic ring is 1. The molecule has 6 atom stereocenters. The predicted octanol–water partition coefficient (Wildman–Crippen LogP) is 7.04. The maximum Gasteiger partial charge on any atom is 0.248 e. The number of alkyl halides is 2. The molecule has 5 N–H and O–H groups in total. The van der Waals surface area contributed by atoms with Gasteiger partial charge in [0.05, 0.1) is 18.4 Å². The van der Waals surface area contributed by atoms with Gasteiger partial charge in [-0.2, -0.15) is 9.97 Å². The zero-order valence-corrected chi connectivity index (χ0v) is 34.0. The normalized spacial score (nSPS) is 26.2. The summed E-state index contributed by atoms with van der Waals surface area (Å²) in [6.07, 6.45) is 14.7. The Balaban J connectivity index is 0.000000188. The number of aryl methyl sites for hydroxylation is 1. The van der Waals surface area contributed by atoms with E-state index in [1.54, 1.807) is 6.33 Å².